The number of hydrogen-bond acceptors (Lipinski definition) is 6. The highest BCUT2D eigenvalue weighted by molar-refractivity contribution is 9.11. The summed E-state index contributed by atoms with van der Waals surface area (Å²) in [4.78, 5) is 25.8. The molecule has 0 aliphatic carbocycles. The second kappa shape index (κ2) is 11.7. The number of β-amino-alcohol motifs (C(OH)–C–C–N with tert-alkyl or cyclic N) is 1. The molecule has 0 bridgehead atoms. The van der Waals surface area contributed by atoms with E-state index in [4.69, 9.17) is 9.47 Å². The van der Waals surface area contributed by atoms with Gasteiger partial charge in [0.1, 0.15) is 18.5 Å². The Labute approximate surface area is 205 Å². The lowest BCUT2D eigenvalue weighted by Gasteiger charge is -2.33. The monoisotopic (exact) mass is 575 g/mol. The first-order valence-corrected chi connectivity index (χ1v) is 12.6. The van der Waals surface area contributed by atoms with Crippen LogP contribution in [0.15, 0.2) is 15.0 Å². The molecule has 3 rings (SSSR count). The van der Waals surface area contributed by atoms with E-state index >= 15 is 0 Å². The summed E-state index contributed by atoms with van der Waals surface area (Å²) < 4.78 is 12.7. The molecule has 10 heteroatoms. The summed E-state index contributed by atoms with van der Waals surface area (Å²) >= 11 is 7.01. The van der Waals surface area contributed by atoms with Crippen LogP contribution in [-0.4, -0.2) is 67.0 Å². The van der Waals surface area contributed by atoms with E-state index in [1.165, 1.54) is 0 Å². The van der Waals surface area contributed by atoms with Crippen molar-refractivity contribution in [3.05, 3.63) is 20.6 Å². The van der Waals surface area contributed by atoms with Gasteiger partial charge in [0.25, 0.3) is 0 Å². The van der Waals surface area contributed by atoms with Gasteiger partial charge in [-0.05, 0) is 63.1 Å². The van der Waals surface area contributed by atoms with Crippen LogP contribution in [0.2, 0.25) is 0 Å². The highest BCUT2D eigenvalue weighted by atomic mass is 79.9. The number of carbonyl (C=O) groups excluding carboxylic acids is 2. The van der Waals surface area contributed by atoms with Gasteiger partial charge in [-0.3, -0.25) is 4.79 Å². The Morgan fingerprint density at radius 3 is 2.66 bits per heavy atom. The van der Waals surface area contributed by atoms with Crippen molar-refractivity contribution in [2.75, 3.05) is 38.2 Å². The van der Waals surface area contributed by atoms with Crippen LogP contribution < -0.4 is 15.4 Å². The number of carbonyl (C=O) groups is 2. The van der Waals surface area contributed by atoms with Crippen molar-refractivity contribution in [2.45, 2.75) is 51.7 Å². The smallest absolute Gasteiger partial charge is 0.407 e. The predicted molar refractivity (Wildman–Crippen MR) is 129 cm³/mol. The molecular weight excluding hydrogens is 546 g/mol. The number of hydrogen-bond donors (Lipinski definition) is 3. The van der Waals surface area contributed by atoms with Crippen LogP contribution in [0.25, 0.3) is 0 Å². The number of nitrogens with zero attached hydrogens (tertiary/aromatic N) is 1. The molecule has 0 radical (unpaired) electrons. The van der Waals surface area contributed by atoms with Gasteiger partial charge in [0.2, 0.25) is 5.91 Å². The number of benzene rings is 1. The molecule has 2 aliphatic rings. The summed E-state index contributed by atoms with van der Waals surface area (Å²) in [6, 6.07) is 1.94. The second-order valence-corrected chi connectivity index (χ2v) is 10.5. The normalized spacial score (nSPS) is 18.1. The van der Waals surface area contributed by atoms with Crippen molar-refractivity contribution in [1.29, 1.82) is 0 Å². The summed E-state index contributed by atoms with van der Waals surface area (Å²) in [5, 5.41) is 16.3. The van der Waals surface area contributed by atoms with Crippen LogP contribution in [0.3, 0.4) is 0 Å². The largest absolute Gasteiger partial charge is 0.489 e. The van der Waals surface area contributed by atoms with E-state index in [2.05, 4.69) is 47.4 Å². The summed E-state index contributed by atoms with van der Waals surface area (Å²) in [7, 11) is 0. The zero-order chi connectivity index (χ0) is 23.3. The Morgan fingerprint density at radius 1 is 1.25 bits per heavy atom. The molecule has 1 atom stereocenters. The Morgan fingerprint density at radius 2 is 1.97 bits per heavy atom. The van der Waals surface area contributed by atoms with Crippen LogP contribution in [-0.2, 0) is 16.0 Å². The number of amides is 2. The fourth-order valence-electron chi connectivity index (χ4n) is 3.86. The molecule has 2 aliphatic heterocycles. The number of ether oxygens (including phenoxy) is 2. The lowest BCUT2D eigenvalue weighted by atomic mass is 10.0. The average Bonchev–Trinajstić information content (AvgIpc) is 2.74. The molecule has 178 valence electrons. The topological polar surface area (TPSA) is 100 Å². The number of piperidine rings is 1. The van der Waals surface area contributed by atoms with Gasteiger partial charge in [-0.25, -0.2) is 4.79 Å². The molecule has 3 N–H and O–H groups in total. The Kier molecular flexibility index (Phi) is 9.22. The number of aliphatic hydroxyl groups excluding tert-OH is 1. The average molecular weight is 577 g/mol. The lowest BCUT2D eigenvalue weighted by Crippen LogP contribution is -2.47. The minimum Gasteiger partial charge on any atom is -0.489 e. The quantitative estimate of drug-likeness (QED) is 0.436. The minimum atomic E-state index is -0.653. The molecule has 0 spiro atoms. The van der Waals surface area contributed by atoms with E-state index in [1.807, 2.05) is 19.9 Å². The summed E-state index contributed by atoms with van der Waals surface area (Å²) in [6.07, 6.45) is 1.62. The maximum atomic E-state index is 11.8. The van der Waals surface area contributed by atoms with E-state index in [1.54, 1.807) is 0 Å². The first-order chi connectivity index (χ1) is 15.2. The summed E-state index contributed by atoms with van der Waals surface area (Å²) in [6.45, 7) is 6.65. The van der Waals surface area contributed by atoms with Gasteiger partial charge in [0.05, 0.1) is 16.8 Å². The molecule has 1 unspecified atom stereocenters. The van der Waals surface area contributed by atoms with Crippen molar-refractivity contribution in [3.63, 3.8) is 0 Å². The van der Waals surface area contributed by atoms with Crippen molar-refractivity contribution in [1.82, 2.24) is 10.2 Å². The molecule has 1 aromatic rings. The molecule has 8 nitrogen and oxygen atoms in total. The maximum absolute atomic E-state index is 11.8. The fourth-order valence-corrected chi connectivity index (χ4v) is 5.32. The number of halogens is 2. The molecule has 1 saturated heterocycles. The van der Waals surface area contributed by atoms with Gasteiger partial charge >= 0.3 is 6.09 Å². The molecule has 2 heterocycles. The van der Waals surface area contributed by atoms with E-state index in [0.717, 1.165) is 46.1 Å². The summed E-state index contributed by atoms with van der Waals surface area (Å²) in [5.41, 5.74) is 1.66. The van der Waals surface area contributed by atoms with Crippen LogP contribution in [0, 0.1) is 5.92 Å². The molecule has 1 fully saturated rings. The second-order valence-electron chi connectivity index (χ2n) is 8.75. The third kappa shape index (κ3) is 7.07. The number of fused-ring (bicyclic) bond motifs is 1. The third-order valence-corrected chi connectivity index (χ3v) is 6.71. The highest BCUT2D eigenvalue weighted by Gasteiger charge is 2.26. The van der Waals surface area contributed by atoms with Gasteiger partial charge in [-0.15, -0.1) is 0 Å². The fraction of sp³-hybridized carbons (Fsp3) is 0.636. The minimum absolute atomic E-state index is 0.0161. The molecule has 1 aromatic carbocycles. The van der Waals surface area contributed by atoms with Crippen molar-refractivity contribution in [3.8, 4) is 5.75 Å². The van der Waals surface area contributed by atoms with E-state index in [-0.39, 0.29) is 24.6 Å². The van der Waals surface area contributed by atoms with E-state index in [0.29, 0.717) is 37.7 Å². The van der Waals surface area contributed by atoms with E-state index < -0.39 is 6.10 Å². The molecule has 2 amide bonds. The van der Waals surface area contributed by atoms with Crippen LogP contribution in [0.1, 0.15) is 38.7 Å². The molecule has 32 heavy (non-hydrogen) atoms. The lowest BCUT2D eigenvalue weighted by molar-refractivity contribution is -0.116. The van der Waals surface area contributed by atoms with Gasteiger partial charge < -0.3 is 30.1 Å². The molecule has 0 saturated carbocycles. The zero-order valence-corrected chi connectivity index (χ0v) is 21.6. The van der Waals surface area contributed by atoms with Crippen molar-refractivity contribution in [2.24, 2.45) is 5.92 Å². The molecule has 0 aromatic heterocycles. The number of aliphatic hydroxyl groups is 1. The van der Waals surface area contributed by atoms with Gasteiger partial charge in [-0.1, -0.05) is 13.8 Å². The number of alkyl carbamates (subject to hydrolysis) is 1. The van der Waals surface area contributed by atoms with Crippen molar-refractivity contribution >= 4 is 49.5 Å². The Balaban J connectivity index is 1.45. The SMILES string of the molecule is CC(C)COC(=O)NC1CCN(CC(O)COc2c(Br)cc(Br)c3c2CCC(=O)N3)CC1. The van der Waals surface area contributed by atoms with Crippen molar-refractivity contribution < 1.29 is 24.2 Å². The standard InChI is InChI=1S/C22H31Br2N3O5/c1-13(2)11-32-22(30)25-14-5-7-27(8-6-14)10-15(28)12-31-21-16-3-4-19(29)26-20(16)17(23)9-18(21)24/h9,13-15,28H,3-8,10-12H2,1-2H3,(H,25,30)(H,26,29). The Bertz CT molecular complexity index is 828. The van der Waals surface area contributed by atoms with Gasteiger partial charge in [0, 0.05) is 42.1 Å². The third-order valence-electron chi connectivity index (χ3n) is 5.50. The maximum Gasteiger partial charge on any atom is 0.407 e. The van der Waals surface area contributed by atoms with Crippen LogP contribution >= 0.6 is 31.9 Å². The summed E-state index contributed by atoms with van der Waals surface area (Å²) in [5.74, 6) is 0.955. The zero-order valence-electron chi connectivity index (χ0n) is 18.5. The van der Waals surface area contributed by atoms with E-state index in [9.17, 15) is 14.7 Å². The number of rotatable bonds is 8. The predicted octanol–water partition coefficient (Wildman–Crippen LogP) is 3.68. The molecular formula is C22H31Br2N3O5. The van der Waals surface area contributed by atoms with Crippen LogP contribution in [0.4, 0.5) is 10.5 Å². The first kappa shape index (κ1) is 25.3. The van der Waals surface area contributed by atoms with Crippen LogP contribution in [0.5, 0.6) is 5.75 Å². The highest BCUT2D eigenvalue weighted by Crippen LogP contribution is 2.42. The van der Waals surface area contributed by atoms with Gasteiger partial charge in [0.15, 0.2) is 0 Å². The first-order valence-electron chi connectivity index (χ1n) is 11.0. The number of nitrogens with one attached hydrogen (secondary N) is 2. The van der Waals surface area contributed by atoms with Gasteiger partial charge in [-0.2, -0.15) is 0 Å². The number of anilines is 1. The number of likely N-dealkylation sites (tertiary alicyclic amines) is 1. The Hall–Kier alpha value is -1.36.